The molecule has 3 aromatic rings. The van der Waals surface area contributed by atoms with Crippen LogP contribution in [0.5, 0.6) is 0 Å². The monoisotopic (exact) mass is 338 g/mol. The number of fused-ring (bicyclic) bond motifs is 1. The standard InChI is InChI=1S/C17H14N4O2S/c1-10(2)21-16-15(8-19-21)14(17(22)23)6-12(20-16)3-4-13-5-11(7-18)9-24-13/h3-6,8-10H,1-2H3,(H,22,23). The second-order valence-corrected chi connectivity index (χ2v) is 6.45. The van der Waals surface area contributed by atoms with E-state index in [-0.39, 0.29) is 11.6 Å². The molecule has 0 atom stereocenters. The Balaban J connectivity index is 2.09. The highest BCUT2D eigenvalue weighted by Gasteiger charge is 2.16. The van der Waals surface area contributed by atoms with Crippen molar-refractivity contribution >= 4 is 40.5 Å². The molecule has 0 bridgehead atoms. The molecule has 0 saturated carbocycles. The summed E-state index contributed by atoms with van der Waals surface area (Å²) < 4.78 is 1.71. The van der Waals surface area contributed by atoms with Crippen molar-refractivity contribution in [2.45, 2.75) is 19.9 Å². The van der Waals surface area contributed by atoms with Gasteiger partial charge in [0.25, 0.3) is 0 Å². The van der Waals surface area contributed by atoms with Crippen LogP contribution in [0.3, 0.4) is 0 Å². The fraction of sp³-hybridized carbons (Fsp3) is 0.176. The molecule has 0 radical (unpaired) electrons. The second-order valence-electron chi connectivity index (χ2n) is 5.50. The number of nitrogens with zero attached hydrogens (tertiary/aromatic N) is 4. The number of hydrogen-bond acceptors (Lipinski definition) is 5. The second kappa shape index (κ2) is 6.26. The number of aromatic carboxylic acids is 1. The van der Waals surface area contributed by atoms with Gasteiger partial charge in [-0.25, -0.2) is 14.5 Å². The summed E-state index contributed by atoms with van der Waals surface area (Å²) in [6, 6.07) is 5.47. The van der Waals surface area contributed by atoms with Gasteiger partial charge in [0.05, 0.1) is 28.4 Å². The molecule has 120 valence electrons. The molecule has 0 amide bonds. The molecule has 3 aromatic heterocycles. The number of aromatic nitrogens is 3. The van der Waals surface area contributed by atoms with Gasteiger partial charge in [-0.1, -0.05) is 0 Å². The Morgan fingerprint density at radius 2 is 2.21 bits per heavy atom. The Labute approximate surface area is 142 Å². The quantitative estimate of drug-likeness (QED) is 0.781. The van der Waals surface area contributed by atoms with Crippen molar-refractivity contribution in [1.82, 2.24) is 14.8 Å². The molecule has 3 rings (SSSR count). The van der Waals surface area contributed by atoms with E-state index in [0.29, 0.717) is 22.3 Å². The minimum Gasteiger partial charge on any atom is -0.478 e. The highest BCUT2D eigenvalue weighted by atomic mass is 32.1. The molecule has 1 N–H and O–H groups in total. The van der Waals surface area contributed by atoms with Crippen molar-refractivity contribution in [3.05, 3.63) is 45.4 Å². The highest BCUT2D eigenvalue weighted by Crippen LogP contribution is 2.23. The first kappa shape index (κ1) is 15.9. The van der Waals surface area contributed by atoms with Gasteiger partial charge in [-0.2, -0.15) is 10.4 Å². The molecule has 0 aliphatic carbocycles. The molecule has 0 aliphatic rings. The van der Waals surface area contributed by atoms with E-state index in [2.05, 4.69) is 16.2 Å². The number of pyridine rings is 1. The lowest BCUT2D eigenvalue weighted by atomic mass is 10.1. The SMILES string of the molecule is CC(C)n1ncc2c(C(=O)O)cc(C=Cc3cc(C#N)cs3)nc21. The predicted octanol–water partition coefficient (Wildman–Crippen LogP) is 3.81. The fourth-order valence-corrected chi connectivity index (χ4v) is 3.07. The zero-order chi connectivity index (χ0) is 17.3. The summed E-state index contributed by atoms with van der Waals surface area (Å²) in [4.78, 5) is 17.0. The number of thiophene rings is 1. The summed E-state index contributed by atoms with van der Waals surface area (Å²) in [7, 11) is 0. The van der Waals surface area contributed by atoms with E-state index in [1.165, 1.54) is 23.6 Å². The maximum absolute atomic E-state index is 11.5. The van der Waals surface area contributed by atoms with E-state index in [4.69, 9.17) is 5.26 Å². The topological polar surface area (TPSA) is 91.8 Å². The Bertz CT molecular complexity index is 992. The first-order chi connectivity index (χ1) is 11.5. The zero-order valence-electron chi connectivity index (χ0n) is 13.1. The highest BCUT2D eigenvalue weighted by molar-refractivity contribution is 7.11. The predicted molar refractivity (Wildman–Crippen MR) is 92.8 cm³/mol. The molecule has 3 heterocycles. The van der Waals surface area contributed by atoms with Gasteiger partial charge in [-0.3, -0.25) is 0 Å². The smallest absolute Gasteiger partial charge is 0.336 e. The average molecular weight is 338 g/mol. The third-order valence-corrected chi connectivity index (χ3v) is 4.37. The van der Waals surface area contributed by atoms with Gasteiger partial charge in [-0.05, 0) is 38.1 Å². The van der Waals surface area contributed by atoms with Crippen LogP contribution in [0, 0.1) is 11.3 Å². The van der Waals surface area contributed by atoms with Crippen molar-refractivity contribution in [2.75, 3.05) is 0 Å². The van der Waals surface area contributed by atoms with E-state index in [1.807, 2.05) is 19.9 Å². The summed E-state index contributed by atoms with van der Waals surface area (Å²) >= 11 is 1.45. The number of rotatable bonds is 4. The van der Waals surface area contributed by atoms with E-state index in [9.17, 15) is 9.90 Å². The minimum absolute atomic E-state index is 0.0753. The molecular weight excluding hydrogens is 324 g/mol. The molecule has 7 heteroatoms. The van der Waals surface area contributed by atoms with Gasteiger partial charge in [-0.15, -0.1) is 11.3 Å². The summed E-state index contributed by atoms with van der Waals surface area (Å²) in [6.07, 6.45) is 5.11. The maximum Gasteiger partial charge on any atom is 0.336 e. The van der Waals surface area contributed by atoms with Gasteiger partial charge < -0.3 is 5.11 Å². The Hall–Kier alpha value is -2.98. The molecule has 24 heavy (non-hydrogen) atoms. The van der Waals surface area contributed by atoms with E-state index < -0.39 is 5.97 Å². The van der Waals surface area contributed by atoms with Gasteiger partial charge in [0.1, 0.15) is 6.07 Å². The van der Waals surface area contributed by atoms with Crippen LogP contribution in [-0.4, -0.2) is 25.8 Å². The van der Waals surface area contributed by atoms with Gasteiger partial charge in [0, 0.05) is 16.3 Å². The summed E-state index contributed by atoms with van der Waals surface area (Å²) in [6.45, 7) is 3.93. The van der Waals surface area contributed by atoms with Crippen molar-refractivity contribution in [2.24, 2.45) is 0 Å². The van der Waals surface area contributed by atoms with Crippen LogP contribution >= 0.6 is 11.3 Å². The molecule has 0 aromatic carbocycles. The van der Waals surface area contributed by atoms with E-state index in [0.717, 1.165) is 4.88 Å². The molecular formula is C17H14N4O2S. The molecule has 0 spiro atoms. The van der Waals surface area contributed by atoms with E-state index >= 15 is 0 Å². The third kappa shape index (κ3) is 2.92. The van der Waals surface area contributed by atoms with Crippen molar-refractivity contribution in [1.29, 1.82) is 5.26 Å². The number of hydrogen-bond donors (Lipinski definition) is 1. The Morgan fingerprint density at radius 1 is 1.42 bits per heavy atom. The number of carboxylic acids is 1. The van der Waals surface area contributed by atoms with Crippen LogP contribution in [0.1, 0.15) is 46.4 Å². The lowest BCUT2D eigenvalue weighted by molar-refractivity contribution is 0.0699. The molecule has 0 unspecified atom stereocenters. The zero-order valence-corrected chi connectivity index (χ0v) is 13.9. The van der Waals surface area contributed by atoms with Crippen LogP contribution in [0.4, 0.5) is 0 Å². The first-order valence-electron chi connectivity index (χ1n) is 7.28. The minimum atomic E-state index is -1.01. The maximum atomic E-state index is 11.5. The fourth-order valence-electron chi connectivity index (χ4n) is 2.34. The molecule has 0 saturated heterocycles. The van der Waals surface area contributed by atoms with Gasteiger partial charge in [0.2, 0.25) is 0 Å². The van der Waals surface area contributed by atoms with Crippen molar-refractivity contribution in [3.63, 3.8) is 0 Å². The lowest BCUT2D eigenvalue weighted by Crippen LogP contribution is -2.05. The van der Waals surface area contributed by atoms with Crippen LogP contribution in [0.15, 0.2) is 23.7 Å². The third-order valence-electron chi connectivity index (χ3n) is 3.47. The summed E-state index contributed by atoms with van der Waals surface area (Å²) in [5.41, 5.74) is 1.87. The van der Waals surface area contributed by atoms with Crippen molar-refractivity contribution in [3.8, 4) is 6.07 Å². The summed E-state index contributed by atoms with van der Waals surface area (Å²) in [5.74, 6) is -1.01. The lowest BCUT2D eigenvalue weighted by Gasteiger charge is -2.07. The summed E-state index contributed by atoms with van der Waals surface area (Å²) in [5, 5.41) is 24.8. The normalized spacial score (nSPS) is 11.4. The number of carboxylic acid groups (broad SMARTS) is 1. The molecule has 0 fully saturated rings. The van der Waals surface area contributed by atoms with Crippen LogP contribution < -0.4 is 0 Å². The Kier molecular flexibility index (Phi) is 4.15. The number of carbonyl (C=O) groups is 1. The van der Waals surface area contributed by atoms with Gasteiger partial charge in [0.15, 0.2) is 5.65 Å². The van der Waals surface area contributed by atoms with Crippen LogP contribution in [-0.2, 0) is 0 Å². The van der Waals surface area contributed by atoms with Crippen LogP contribution in [0.2, 0.25) is 0 Å². The molecule has 0 aliphatic heterocycles. The molecule has 6 nitrogen and oxygen atoms in total. The first-order valence-corrected chi connectivity index (χ1v) is 8.16. The van der Waals surface area contributed by atoms with E-state index in [1.54, 1.807) is 22.2 Å². The van der Waals surface area contributed by atoms with Crippen molar-refractivity contribution < 1.29 is 9.90 Å². The average Bonchev–Trinajstić information content (AvgIpc) is 3.18. The number of nitriles is 1. The largest absolute Gasteiger partial charge is 0.478 e. The Morgan fingerprint density at radius 3 is 2.83 bits per heavy atom. The van der Waals surface area contributed by atoms with Crippen LogP contribution in [0.25, 0.3) is 23.2 Å². The van der Waals surface area contributed by atoms with Gasteiger partial charge >= 0.3 is 5.97 Å².